The van der Waals surface area contributed by atoms with Crippen LogP contribution in [0.5, 0.6) is 0 Å². The molecule has 4 nitrogen and oxygen atoms in total. The second-order valence-corrected chi connectivity index (χ2v) is 6.75. The largest absolute Gasteiger partial charge is 0.462 e. The molecule has 1 N–H and O–H groups in total. The molecule has 0 aliphatic carbocycles. The van der Waals surface area contributed by atoms with E-state index < -0.39 is 6.10 Å². The number of carbonyl (C=O) groups excluding carboxylic acids is 1. The molecule has 25 heavy (non-hydrogen) atoms. The Kier molecular flexibility index (Phi) is 6.37. The van der Waals surface area contributed by atoms with Gasteiger partial charge in [-0.25, -0.2) is 4.39 Å². The van der Waals surface area contributed by atoms with Crippen molar-refractivity contribution in [3.63, 3.8) is 0 Å². The zero-order chi connectivity index (χ0) is 18.6. The van der Waals surface area contributed by atoms with Crippen LogP contribution in [0, 0.1) is 11.7 Å². The molecule has 1 aliphatic heterocycles. The van der Waals surface area contributed by atoms with E-state index in [-0.39, 0.29) is 30.2 Å². The van der Waals surface area contributed by atoms with Crippen LogP contribution >= 0.6 is 0 Å². The molecule has 1 aromatic rings. The van der Waals surface area contributed by atoms with Crippen LogP contribution < -0.4 is 0 Å². The van der Waals surface area contributed by atoms with Gasteiger partial charge in [0.1, 0.15) is 11.9 Å². The van der Waals surface area contributed by atoms with Gasteiger partial charge in [-0.2, -0.15) is 0 Å². The quantitative estimate of drug-likeness (QED) is 0.764. The van der Waals surface area contributed by atoms with Gasteiger partial charge in [0, 0.05) is 30.8 Å². The Morgan fingerprint density at radius 2 is 2.00 bits per heavy atom. The lowest BCUT2D eigenvalue weighted by Gasteiger charge is -2.33. The molecular weight excluding hydrogens is 321 g/mol. The van der Waals surface area contributed by atoms with Crippen LogP contribution in [0.4, 0.5) is 4.39 Å². The van der Waals surface area contributed by atoms with Crippen LogP contribution in [0.25, 0.3) is 5.70 Å². The maximum absolute atomic E-state index is 13.2. The van der Waals surface area contributed by atoms with Crippen LogP contribution in [0.1, 0.15) is 38.7 Å². The summed E-state index contributed by atoms with van der Waals surface area (Å²) < 4.78 is 18.5. The summed E-state index contributed by atoms with van der Waals surface area (Å²) in [6.07, 6.45) is 0.0974. The molecule has 0 bridgehead atoms. The number of aliphatic hydroxyl groups excluding tert-OH is 1. The first kappa shape index (κ1) is 19.2. The van der Waals surface area contributed by atoms with Crippen LogP contribution in [-0.4, -0.2) is 34.7 Å². The Hall–Kier alpha value is -2.14. The van der Waals surface area contributed by atoms with Gasteiger partial charge in [0.2, 0.25) is 0 Å². The van der Waals surface area contributed by atoms with Gasteiger partial charge in [-0.05, 0) is 23.6 Å². The number of hydrogen-bond donors (Lipinski definition) is 1. The first-order chi connectivity index (χ1) is 11.8. The normalized spacial score (nSPS) is 20.3. The van der Waals surface area contributed by atoms with E-state index in [2.05, 4.69) is 13.2 Å². The van der Waals surface area contributed by atoms with Crippen molar-refractivity contribution in [2.75, 3.05) is 6.54 Å². The average Bonchev–Trinajstić information content (AvgIpc) is 2.54. The van der Waals surface area contributed by atoms with Crippen molar-refractivity contribution in [3.05, 3.63) is 54.5 Å². The minimum absolute atomic E-state index is 0.0568. The van der Waals surface area contributed by atoms with Crippen LogP contribution in [0.2, 0.25) is 0 Å². The fraction of sp³-hybridized carbons (Fsp3) is 0.450. The smallest absolute Gasteiger partial charge is 0.308 e. The monoisotopic (exact) mass is 347 g/mol. The van der Waals surface area contributed by atoms with Crippen molar-refractivity contribution in [2.45, 2.75) is 45.3 Å². The lowest BCUT2D eigenvalue weighted by Crippen LogP contribution is -2.35. The van der Waals surface area contributed by atoms with Crippen molar-refractivity contribution < 1.29 is 19.0 Å². The molecule has 0 unspecified atom stereocenters. The molecule has 1 aliphatic rings. The summed E-state index contributed by atoms with van der Waals surface area (Å²) in [7, 11) is 0. The molecule has 0 radical (unpaired) electrons. The lowest BCUT2D eigenvalue weighted by atomic mass is 10.0. The summed E-state index contributed by atoms with van der Waals surface area (Å²) in [6, 6.07) is 6.16. The molecule has 2 atom stereocenters. The van der Waals surface area contributed by atoms with Gasteiger partial charge in [-0.15, -0.1) is 0 Å². The number of hydrogen-bond acceptors (Lipinski definition) is 4. The SMILES string of the molecule is C=C(c1ccc(F)cc1)N(CC[C@@H]1C[C@@H](O)CC(=O)O1)C(=C)C(C)C. The van der Waals surface area contributed by atoms with Gasteiger partial charge < -0.3 is 14.7 Å². The number of cyclic esters (lactones) is 1. The van der Waals surface area contributed by atoms with E-state index in [4.69, 9.17) is 4.74 Å². The Labute approximate surface area is 148 Å². The maximum atomic E-state index is 13.2. The Bertz CT molecular complexity index is 639. The summed E-state index contributed by atoms with van der Waals surface area (Å²) in [6.45, 7) is 12.9. The first-order valence-electron chi connectivity index (χ1n) is 8.56. The van der Waals surface area contributed by atoms with Gasteiger partial charge in [0.15, 0.2) is 0 Å². The third kappa shape index (κ3) is 5.16. The second kappa shape index (κ2) is 8.30. The Balaban J connectivity index is 2.10. The fourth-order valence-corrected chi connectivity index (χ4v) is 2.87. The average molecular weight is 347 g/mol. The molecule has 1 saturated heterocycles. The highest BCUT2D eigenvalue weighted by Gasteiger charge is 2.28. The molecule has 2 rings (SSSR count). The standard InChI is InChI=1S/C20H26FNO3/c1-13(2)14(3)22(15(4)16-5-7-17(21)8-6-16)10-9-19-11-18(23)12-20(24)25-19/h5-8,13,18-19,23H,3-4,9-12H2,1-2H3/t18-,19-/m1/s1. The number of carbonyl (C=O) groups is 1. The number of allylic oxidation sites excluding steroid dienone is 1. The molecular formula is C20H26FNO3. The minimum atomic E-state index is -0.645. The summed E-state index contributed by atoms with van der Waals surface area (Å²) in [4.78, 5) is 13.5. The van der Waals surface area contributed by atoms with Gasteiger partial charge in [-0.3, -0.25) is 4.79 Å². The first-order valence-corrected chi connectivity index (χ1v) is 8.56. The van der Waals surface area contributed by atoms with E-state index in [0.717, 1.165) is 17.0 Å². The molecule has 1 aromatic carbocycles. The predicted octanol–water partition coefficient (Wildman–Crippen LogP) is 3.72. The fourth-order valence-electron chi connectivity index (χ4n) is 2.87. The number of halogens is 1. The van der Waals surface area contributed by atoms with E-state index >= 15 is 0 Å². The van der Waals surface area contributed by atoms with Gasteiger partial charge in [0.25, 0.3) is 0 Å². The lowest BCUT2D eigenvalue weighted by molar-refractivity contribution is -0.160. The molecule has 5 heteroatoms. The number of rotatable bonds is 7. The molecule has 0 saturated carbocycles. The summed E-state index contributed by atoms with van der Waals surface area (Å²) in [5, 5.41) is 9.74. The Morgan fingerprint density at radius 3 is 2.56 bits per heavy atom. The zero-order valence-corrected chi connectivity index (χ0v) is 14.9. The van der Waals surface area contributed by atoms with E-state index in [1.54, 1.807) is 12.1 Å². The number of aliphatic hydroxyl groups is 1. The highest BCUT2D eigenvalue weighted by molar-refractivity contribution is 5.71. The van der Waals surface area contributed by atoms with Crippen molar-refractivity contribution in [3.8, 4) is 0 Å². The molecule has 0 spiro atoms. The summed E-state index contributed by atoms with van der Waals surface area (Å²) >= 11 is 0. The number of ether oxygens (including phenoxy) is 1. The highest BCUT2D eigenvalue weighted by atomic mass is 19.1. The van der Waals surface area contributed by atoms with Crippen molar-refractivity contribution in [2.24, 2.45) is 5.92 Å². The summed E-state index contributed by atoms with van der Waals surface area (Å²) in [5.41, 5.74) is 2.42. The number of benzene rings is 1. The highest BCUT2D eigenvalue weighted by Crippen LogP contribution is 2.27. The third-order valence-corrected chi connectivity index (χ3v) is 4.43. The van der Waals surface area contributed by atoms with Crippen molar-refractivity contribution in [1.29, 1.82) is 0 Å². The van der Waals surface area contributed by atoms with E-state index in [1.165, 1.54) is 12.1 Å². The van der Waals surface area contributed by atoms with E-state index in [9.17, 15) is 14.3 Å². The molecule has 0 aromatic heterocycles. The molecule has 1 fully saturated rings. The topological polar surface area (TPSA) is 49.8 Å². The maximum Gasteiger partial charge on any atom is 0.308 e. The summed E-state index contributed by atoms with van der Waals surface area (Å²) in [5.74, 6) is -0.457. The van der Waals surface area contributed by atoms with Crippen molar-refractivity contribution in [1.82, 2.24) is 4.90 Å². The second-order valence-electron chi connectivity index (χ2n) is 6.75. The van der Waals surface area contributed by atoms with Crippen LogP contribution in [0.15, 0.2) is 43.1 Å². The van der Waals surface area contributed by atoms with E-state index in [1.807, 2.05) is 18.7 Å². The van der Waals surface area contributed by atoms with Crippen LogP contribution in [-0.2, 0) is 9.53 Å². The van der Waals surface area contributed by atoms with Gasteiger partial charge in [-0.1, -0.05) is 39.1 Å². The van der Waals surface area contributed by atoms with Crippen molar-refractivity contribution >= 4 is 11.7 Å². The molecule has 136 valence electrons. The number of esters is 1. The Morgan fingerprint density at radius 1 is 1.36 bits per heavy atom. The number of nitrogens with zero attached hydrogens (tertiary/aromatic N) is 1. The predicted molar refractivity (Wildman–Crippen MR) is 95.9 cm³/mol. The third-order valence-electron chi connectivity index (χ3n) is 4.43. The van der Waals surface area contributed by atoms with Gasteiger partial charge >= 0.3 is 5.97 Å². The van der Waals surface area contributed by atoms with Crippen LogP contribution in [0.3, 0.4) is 0 Å². The zero-order valence-electron chi connectivity index (χ0n) is 14.9. The minimum Gasteiger partial charge on any atom is -0.462 e. The van der Waals surface area contributed by atoms with Gasteiger partial charge in [0.05, 0.1) is 12.5 Å². The molecule has 0 amide bonds. The molecule has 1 heterocycles. The van der Waals surface area contributed by atoms with E-state index in [0.29, 0.717) is 19.4 Å².